The molecule has 22 heteroatoms. The van der Waals surface area contributed by atoms with Crippen LogP contribution < -0.4 is 42.5 Å². The summed E-state index contributed by atoms with van der Waals surface area (Å²) in [4.78, 5) is 113. The number of nitrogens with one attached hydrogen (secondary N) is 8. The van der Waals surface area contributed by atoms with E-state index in [-0.39, 0.29) is 110 Å². The molecule has 0 aliphatic rings. The van der Waals surface area contributed by atoms with Crippen molar-refractivity contribution in [3.63, 3.8) is 0 Å². The predicted molar refractivity (Wildman–Crippen MR) is 364 cm³/mol. The topological polar surface area (TPSA) is 320 Å². The Morgan fingerprint density at radius 2 is 0.438 bits per heavy atom. The Kier molecular flexibility index (Phi) is 25.4. The van der Waals surface area contributed by atoms with Crippen LogP contribution in [0, 0.1) is 0 Å². The first-order valence-electron chi connectivity index (χ1n) is 31.6. The SMILES string of the molecule is CC(NC(=O)c1cccc(C(=O)NCCN(CCNC(=O)c2cccc(C(=O)NC(C)c3ccccc3)c2O)CCN(CCNC(=O)c2cccc(C(=O)NC(C)c3ccccc3)c2O)CCNC(=O)c2cccc(C(=O)NC(C)c3ccccc3)c2O)c1O)c1ccccc1. The number of carbonyl (C=O) groups excluding carboxylic acids is 8. The molecule has 0 aromatic heterocycles. The molecule has 0 radical (unpaired) electrons. The van der Waals surface area contributed by atoms with Gasteiger partial charge in [0, 0.05) is 65.4 Å². The molecule has 0 fully saturated rings. The maximum atomic E-state index is 13.8. The number of hydrogen-bond acceptors (Lipinski definition) is 14. The summed E-state index contributed by atoms with van der Waals surface area (Å²) in [5.41, 5.74) is 2.25. The first-order valence-corrected chi connectivity index (χ1v) is 31.6. The number of amides is 8. The van der Waals surface area contributed by atoms with Gasteiger partial charge in [0.1, 0.15) is 23.0 Å². The molecule has 96 heavy (non-hydrogen) atoms. The number of nitrogens with zero attached hydrogens (tertiary/aromatic N) is 2. The minimum absolute atomic E-state index is 0.0172. The molecule has 0 bridgehead atoms. The molecule has 0 saturated carbocycles. The Morgan fingerprint density at radius 1 is 0.260 bits per heavy atom. The van der Waals surface area contributed by atoms with Crippen molar-refractivity contribution >= 4 is 47.3 Å². The predicted octanol–water partition coefficient (Wildman–Crippen LogP) is 8.10. The smallest absolute Gasteiger partial charge is 0.255 e. The summed E-state index contributed by atoms with van der Waals surface area (Å²) in [5.74, 6) is -7.24. The Labute approximate surface area is 557 Å². The average molecular weight is 1300 g/mol. The number of aromatic hydroxyl groups is 4. The first kappa shape index (κ1) is 70.5. The molecule has 0 aliphatic carbocycles. The van der Waals surface area contributed by atoms with Gasteiger partial charge < -0.3 is 63.0 Å². The number of phenolic OH excluding ortho intramolecular Hbond substituents is 4. The average Bonchev–Trinajstić information content (AvgIpc) is 0.918. The van der Waals surface area contributed by atoms with E-state index in [0.29, 0.717) is 0 Å². The van der Waals surface area contributed by atoms with Crippen LogP contribution in [0.1, 0.15) is 157 Å². The van der Waals surface area contributed by atoms with Gasteiger partial charge in [0.15, 0.2) is 0 Å². The fraction of sp³-hybridized carbons (Fsp3) is 0.243. The highest BCUT2D eigenvalue weighted by molar-refractivity contribution is 6.07. The fourth-order valence-electron chi connectivity index (χ4n) is 10.7. The molecule has 4 unspecified atom stereocenters. The third kappa shape index (κ3) is 19.1. The fourth-order valence-corrected chi connectivity index (χ4v) is 10.7. The van der Waals surface area contributed by atoms with Crippen LogP contribution in [-0.2, 0) is 0 Å². The summed E-state index contributed by atoms with van der Waals surface area (Å²) >= 11 is 0. The summed E-state index contributed by atoms with van der Waals surface area (Å²) in [5, 5.41) is 68.0. The summed E-state index contributed by atoms with van der Waals surface area (Å²) in [6.45, 7) is 8.09. The van der Waals surface area contributed by atoms with E-state index >= 15 is 0 Å². The number of hydrogen-bond donors (Lipinski definition) is 12. The van der Waals surface area contributed by atoms with Gasteiger partial charge in [0.05, 0.1) is 68.7 Å². The molecule has 0 aliphatic heterocycles. The van der Waals surface area contributed by atoms with Gasteiger partial charge in [-0.1, -0.05) is 146 Å². The lowest BCUT2D eigenvalue weighted by Crippen LogP contribution is -2.46. The zero-order valence-corrected chi connectivity index (χ0v) is 53.8. The second-order valence-corrected chi connectivity index (χ2v) is 22.9. The molecule has 8 aromatic rings. The first-order chi connectivity index (χ1) is 46.3. The van der Waals surface area contributed by atoms with Crippen LogP contribution in [-0.4, -0.2) is 143 Å². The van der Waals surface area contributed by atoms with Crippen LogP contribution >= 0.6 is 0 Å². The summed E-state index contributed by atoms with van der Waals surface area (Å²) in [6.07, 6.45) is 0. The molecule has 4 atom stereocenters. The number of benzene rings is 8. The quantitative estimate of drug-likeness (QED) is 0.0195. The van der Waals surface area contributed by atoms with Crippen LogP contribution in [0.4, 0.5) is 0 Å². The van der Waals surface area contributed by atoms with Crippen molar-refractivity contribution in [2.45, 2.75) is 51.9 Å². The number of para-hydroxylation sites is 4. The van der Waals surface area contributed by atoms with Crippen molar-refractivity contribution in [1.82, 2.24) is 52.3 Å². The van der Waals surface area contributed by atoms with E-state index in [1.54, 1.807) is 27.7 Å². The van der Waals surface area contributed by atoms with Gasteiger partial charge >= 0.3 is 0 Å². The van der Waals surface area contributed by atoms with Crippen molar-refractivity contribution in [2.24, 2.45) is 0 Å². The van der Waals surface area contributed by atoms with E-state index < -0.39 is 94.4 Å². The Morgan fingerprint density at radius 3 is 0.625 bits per heavy atom. The van der Waals surface area contributed by atoms with Crippen LogP contribution in [0.25, 0.3) is 0 Å². The second-order valence-electron chi connectivity index (χ2n) is 22.9. The van der Waals surface area contributed by atoms with E-state index in [1.165, 1.54) is 72.8 Å². The summed E-state index contributed by atoms with van der Waals surface area (Å²) < 4.78 is 0. The van der Waals surface area contributed by atoms with E-state index in [1.807, 2.05) is 131 Å². The van der Waals surface area contributed by atoms with Crippen molar-refractivity contribution in [1.29, 1.82) is 0 Å². The highest BCUT2D eigenvalue weighted by atomic mass is 16.3. The van der Waals surface area contributed by atoms with E-state index in [2.05, 4.69) is 42.5 Å². The van der Waals surface area contributed by atoms with Gasteiger partial charge in [-0.15, -0.1) is 0 Å². The van der Waals surface area contributed by atoms with Gasteiger partial charge in [-0.25, -0.2) is 0 Å². The van der Waals surface area contributed by atoms with E-state index in [4.69, 9.17) is 0 Å². The lowest BCUT2D eigenvalue weighted by atomic mass is 10.1. The number of phenols is 4. The molecule has 498 valence electrons. The zero-order chi connectivity index (χ0) is 68.7. The third-order valence-corrected chi connectivity index (χ3v) is 16.3. The van der Waals surface area contributed by atoms with Crippen LogP contribution in [0.15, 0.2) is 194 Å². The van der Waals surface area contributed by atoms with Crippen molar-refractivity contribution in [2.75, 3.05) is 65.4 Å². The van der Waals surface area contributed by atoms with Gasteiger partial charge in [-0.3, -0.25) is 48.2 Å². The van der Waals surface area contributed by atoms with Crippen LogP contribution in [0.2, 0.25) is 0 Å². The van der Waals surface area contributed by atoms with E-state index in [9.17, 15) is 58.8 Å². The molecule has 8 amide bonds. The summed E-state index contributed by atoms with van der Waals surface area (Å²) in [7, 11) is 0. The lowest BCUT2D eigenvalue weighted by molar-refractivity contribution is 0.0912. The Balaban J connectivity index is 0.983. The Hall–Kier alpha value is -11.4. The molecule has 8 aromatic carbocycles. The minimum Gasteiger partial charge on any atom is -0.506 e. The largest absolute Gasteiger partial charge is 0.506 e. The van der Waals surface area contributed by atoms with Gasteiger partial charge in [0.25, 0.3) is 47.3 Å². The number of carbonyl (C=O) groups is 8. The molecule has 0 heterocycles. The lowest BCUT2D eigenvalue weighted by Gasteiger charge is -2.28. The third-order valence-electron chi connectivity index (χ3n) is 16.3. The van der Waals surface area contributed by atoms with Crippen molar-refractivity contribution in [3.05, 3.63) is 261 Å². The second kappa shape index (κ2) is 34.5. The van der Waals surface area contributed by atoms with Gasteiger partial charge in [-0.05, 0) is 98.5 Å². The van der Waals surface area contributed by atoms with Crippen molar-refractivity contribution < 1.29 is 58.8 Å². The standard InChI is InChI=1S/C74H80N10O12/c1-47(51-21-9-5-10-22-51)79-71(93)59-33-17-29-55(63(59)85)67(89)75-37-41-83(42-38-76-68(90)56-30-18-34-60(64(56)86)72(94)80-48(2)52-23-11-6-12-24-52)45-46-84(43-39-77-69(91)57-31-19-35-61(65(57)87)73(95)81-49(3)53-25-13-7-14-26-53)44-40-78-70(92)58-32-20-36-62(66(58)88)74(96)82-50(4)54-27-15-8-16-28-54/h5-36,47-50,85-88H,37-46H2,1-4H3,(H,75,89)(H,76,90)(H,77,91)(H,78,92)(H,79,93)(H,80,94)(H,81,95)(H,82,96). The van der Waals surface area contributed by atoms with Crippen LogP contribution in [0.3, 0.4) is 0 Å². The molecule has 0 saturated heterocycles. The maximum Gasteiger partial charge on any atom is 0.255 e. The summed E-state index contributed by atoms with van der Waals surface area (Å²) in [6, 6.07) is 52.3. The molecule has 0 spiro atoms. The molecule has 8 rings (SSSR count). The minimum atomic E-state index is -0.685. The monoisotopic (exact) mass is 1300 g/mol. The molecular formula is C74H80N10O12. The van der Waals surface area contributed by atoms with Crippen LogP contribution in [0.5, 0.6) is 23.0 Å². The Bertz CT molecular complexity index is 3500. The van der Waals surface area contributed by atoms with E-state index in [0.717, 1.165) is 22.3 Å². The van der Waals surface area contributed by atoms with Crippen molar-refractivity contribution in [3.8, 4) is 23.0 Å². The molecular weight excluding hydrogens is 1220 g/mol. The van der Waals surface area contributed by atoms with Gasteiger partial charge in [0.2, 0.25) is 0 Å². The zero-order valence-electron chi connectivity index (χ0n) is 53.8. The molecule has 22 nitrogen and oxygen atoms in total. The number of rotatable bonds is 31. The maximum absolute atomic E-state index is 13.8. The highest BCUT2D eigenvalue weighted by Crippen LogP contribution is 2.28. The normalized spacial score (nSPS) is 12.3. The highest BCUT2D eigenvalue weighted by Gasteiger charge is 2.26. The van der Waals surface area contributed by atoms with Gasteiger partial charge in [-0.2, -0.15) is 0 Å². The molecule has 12 N–H and O–H groups in total.